The number of pyridine rings is 1. The maximum Gasteiger partial charge on any atom is 0.188 e. The van der Waals surface area contributed by atoms with Crippen LogP contribution < -0.4 is 5.73 Å². The highest BCUT2D eigenvalue weighted by Crippen LogP contribution is 2.10. The number of hydrogen-bond donors (Lipinski definition) is 2. The summed E-state index contributed by atoms with van der Waals surface area (Å²) in [6.07, 6.45) is 1.54. The molecule has 1 aromatic carbocycles. The predicted molar refractivity (Wildman–Crippen MR) is 71.6 cm³/mol. The Labute approximate surface area is 115 Å². The van der Waals surface area contributed by atoms with Crippen LogP contribution in [0.5, 0.6) is 0 Å². The summed E-state index contributed by atoms with van der Waals surface area (Å²) < 4.78 is 18.8. The fraction of sp³-hybridized carbons (Fsp3) is 0.143. The van der Waals surface area contributed by atoms with Gasteiger partial charge in [-0.15, -0.1) is 0 Å². The van der Waals surface area contributed by atoms with Gasteiger partial charge in [-0.25, -0.2) is 4.39 Å². The number of benzene rings is 1. The minimum Gasteiger partial charge on any atom is -0.409 e. The number of rotatable bonds is 5. The van der Waals surface area contributed by atoms with Gasteiger partial charge in [-0.05, 0) is 23.8 Å². The molecule has 5 nitrogen and oxygen atoms in total. The lowest BCUT2D eigenvalue weighted by Gasteiger charge is -2.06. The number of nitrogens with two attached hydrogens (primary N) is 1. The van der Waals surface area contributed by atoms with Gasteiger partial charge in [0.2, 0.25) is 0 Å². The average Bonchev–Trinajstić information content (AvgIpc) is 2.49. The summed E-state index contributed by atoms with van der Waals surface area (Å²) >= 11 is 0. The van der Waals surface area contributed by atoms with Crippen molar-refractivity contribution in [2.75, 3.05) is 0 Å². The van der Waals surface area contributed by atoms with Crippen molar-refractivity contribution < 1.29 is 14.3 Å². The van der Waals surface area contributed by atoms with E-state index in [1.807, 2.05) is 0 Å². The molecule has 1 aromatic heterocycles. The Morgan fingerprint density at radius 3 is 2.85 bits per heavy atom. The van der Waals surface area contributed by atoms with Crippen molar-refractivity contribution in [1.82, 2.24) is 4.98 Å². The third kappa shape index (κ3) is 3.52. The third-order valence-electron chi connectivity index (χ3n) is 2.68. The van der Waals surface area contributed by atoms with Crippen LogP contribution in [-0.2, 0) is 18.0 Å². The maximum absolute atomic E-state index is 13.4. The lowest BCUT2D eigenvalue weighted by Crippen LogP contribution is -2.15. The molecule has 0 unspecified atom stereocenters. The number of nitrogens with zero attached hydrogens (tertiary/aromatic N) is 2. The molecule has 2 aromatic rings. The summed E-state index contributed by atoms with van der Waals surface area (Å²) in [5.74, 6) is -0.361. The van der Waals surface area contributed by atoms with Crippen molar-refractivity contribution in [3.05, 3.63) is 65.2 Å². The summed E-state index contributed by atoms with van der Waals surface area (Å²) in [4.78, 5) is 3.96. The second kappa shape index (κ2) is 6.63. The molecule has 20 heavy (non-hydrogen) atoms. The number of aromatic nitrogens is 1. The van der Waals surface area contributed by atoms with Gasteiger partial charge in [-0.1, -0.05) is 23.4 Å². The SMILES string of the molecule is NC(=NO)c1cc(COCc2ccccc2F)ccn1. The third-order valence-corrected chi connectivity index (χ3v) is 2.68. The highest BCUT2D eigenvalue weighted by molar-refractivity contribution is 5.95. The zero-order chi connectivity index (χ0) is 14.4. The molecule has 2 rings (SSSR count). The summed E-state index contributed by atoms with van der Waals surface area (Å²) in [5.41, 5.74) is 7.11. The van der Waals surface area contributed by atoms with Crippen LogP contribution in [0.4, 0.5) is 4.39 Å². The Kier molecular flexibility index (Phi) is 4.62. The molecule has 0 aliphatic heterocycles. The van der Waals surface area contributed by atoms with E-state index >= 15 is 0 Å². The average molecular weight is 275 g/mol. The fourth-order valence-corrected chi connectivity index (χ4v) is 1.65. The number of ether oxygens (including phenoxy) is 1. The Morgan fingerprint density at radius 2 is 2.10 bits per heavy atom. The van der Waals surface area contributed by atoms with Gasteiger partial charge < -0.3 is 15.7 Å². The van der Waals surface area contributed by atoms with Crippen LogP contribution in [-0.4, -0.2) is 16.0 Å². The van der Waals surface area contributed by atoms with Gasteiger partial charge in [-0.3, -0.25) is 4.98 Å². The fourth-order valence-electron chi connectivity index (χ4n) is 1.65. The van der Waals surface area contributed by atoms with Gasteiger partial charge in [0, 0.05) is 11.8 Å². The van der Waals surface area contributed by atoms with Crippen molar-refractivity contribution >= 4 is 5.84 Å². The van der Waals surface area contributed by atoms with Crippen LogP contribution >= 0.6 is 0 Å². The molecule has 1 heterocycles. The Morgan fingerprint density at radius 1 is 1.30 bits per heavy atom. The van der Waals surface area contributed by atoms with Gasteiger partial charge in [0.15, 0.2) is 5.84 Å². The van der Waals surface area contributed by atoms with E-state index in [9.17, 15) is 4.39 Å². The minimum absolute atomic E-state index is 0.0686. The van der Waals surface area contributed by atoms with Gasteiger partial charge in [0.05, 0.1) is 13.2 Å². The van der Waals surface area contributed by atoms with Crippen molar-refractivity contribution in [1.29, 1.82) is 0 Å². The standard InChI is InChI=1S/C14H14FN3O2/c15-12-4-2-1-3-11(12)9-20-8-10-5-6-17-13(7-10)14(16)18-19/h1-7,19H,8-9H2,(H2,16,18). The first-order valence-electron chi connectivity index (χ1n) is 5.94. The Hall–Kier alpha value is -2.47. The lowest BCUT2D eigenvalue weighted by atomic mass is 10.2. The summed E-state index contributed by atoms with van der Waals surface area (Å²) in [7, 11) is 0. The Bertz CT molecular complexity index is 617. The quantitative estimate of drug-likeness (QED) is 0.378. The molecule has 0 aliphatic carbocycles. The molecular formula is C14H14FN3O2. The van der Waals surface area contributed by atoms with E-state index in [1.54, 1.807) is 30.3 Å². The molecule has 0 fully saturated rings. The molecule has 3 N–H and O–H groups in total. The van der Waals surface area contributed by atoms with Gasteiger partial charge >= 0.3 is 0 Å². The summed E-state index contributed by atoms with van der Waals surface area (Å²) in [6, 6.07) is 9.84. The lowest BCUT2D eigenvalue weighted by molar-refractivity contribution is 0.105. The summed E-state index contributed by atoms with van der Waals surface area (Å²) in [6.45, 7) is 0.455. The first-order valence-corrected chi connectivity index (χ1v) is 5.94. The van der Waals surface area contributed by atoms with Crippen LogP contribution in [0.3, 0.4) is 0 Å². The van der Waals surface area contributed by atoms with Gasteiger partial charge in [0.1, 0.15) is 11.5 Å². The second-order valence-electron chi connectivity index (χ2n) is 4.12. The molecule has 0 saturated carbocycles. The van der Waals surface area contributed by atoms with Crippen molar-refractivity contribution in [2.45, 2.75) is 13.2 Å². The smallest absolute Gasteiger partial charge is 0.188 e. The highest BCUT2D eigenvalue weighted by Gasteiger charge is 2.04. The van der Waals surface area contributed by atoms with E-state index < -0.39 is 0 Å². The molecule has 104 valence electrons. The van der Waals surface area contributed by atoms with E-state index in [0.29, 0.717) is 11.3 Å². The number of oxime groups is 1. The largest absolute Gasteiger partial charge is 0.409 e. The van der Waals surface area contributed by atoms with Gasteiger partial charge in [0.25, 0.3) is 0 Å². The number of amidine groups is 1. The topological polar surface area (TPSA) is 80.7 Å². The van der Waals surface area contributed by atoms with E-state index in [1.165, 1.54) is 12.3 Å². The minimum atomic E-state index is -0.292. The number of halogens is 1. The van der Waals surface area contributed by atoms with Crippen molar-refractivity contribution in [3.63, 3.8) is 0 Å². The van der Waals surface area contributed by atoms with Crippen molar-refractivity contribution in [2.24, 2.45) is 10.9 Å². The van der Waals surface area contributed by atoms with Crippen LogP contribution in [0, 0.1) is 5.82 Å². The molecular weight excluding hydrogens is 261 g/mol. The molecule has 0 radical (unpaired) electrons. The molecule has 6 heteroatoms. The molecule has 0 amide bonds. The zero-order valence-electron chi connectivity index (χ0n) is 10.7. The maximum atomic E-state index is 13.4. The van der Waals surface area contributed by atoms with Crippen molar-refractivity contribution in [3.8, 4) is 0 Å². The molecule has 0 bridgehead atoms. The van der Waals surface area contributed by atoms with E-state index in [-0.39, 0.29) is 24.9 Å². The molecule has 0 aliphatic rings. The molecule has 0 atom stereocenters. The zero-order valence-corrected chi connectivity index (χ0v) is 10.7. The van der Waals surface area contributed by atoms with E-state index in [0.717, 1.165) is 5.56 Å². The molecule has 0 spiro atoms. The van der Waals surface area contributed by atoms with Crippen LogP contribution in [0.1, 0.15) is 16.8 Å². The van der Waals surface area contributed by atoms with Crippen LogP contribution in [0.15, 0.2) is 47.8 Å². The monoisotopic (exact) mass is 275 g/mol. The van der Waals surface area contributed by atoms with Gasteiger partial charge in [-0.2, -0.15) is 0 Å². The normalized spacial score (nSPS) is 11.6. The second-order valence-corrected chi connectivity index (χ2v) is 4.12. The highest BCUT2D eigenvalue weighted by atomic mass is 19.1. The summed E-state index contributed by atoms with van der Waals surface area (Å²) in [5, 5.41) is 11.5. The molecule has 0 saturated heterocycles. The first kappa shape index (κ1) is 14.0. The van der Waals surface area contributed by atoms with E-state index in [4.69, 9.17) is 15.7 Å². The van der Waals surface area contributed by atoms with Crippen LogP contribution in [0.2, 0.25) is 0 Å². The first-order chi connectivity index (χ1) is 9.70. The number of hydrogen-bond acceptors (Lipinski definition) is 4. The van der Waals surface area contributed by atoms with Crippen LogP contribution in [0.25, 0.3) is 0 Å². The van der Waals surface area contributed by atoms with E-state index in [2.05, 4.69) is 10.1 Å². The Balaban J connectivity index is 1.96. The predicted octanol–water partition coefficient (Wildman–Crippen LogP) is 2.03.